The first-order valence-electron chi connectivity index (χ1n) is 3.36. The fraction of sp³-hybridized carbons (Fsp3) is 0.833. The largest absolute Gasteiger partial charge is 0.340 e. The first-order valence-corrected chi connectivity index (χ1v) is 3.79. The molecule has 1 aliphatic heterocycles. The maximum Gasteiger partial charge on any atom is 0.236 e. The molecule has 0 spiro atoms. The third-order valence-electron chi connectivity index (χ3n) is 1.66. The van der Waals surface area contributed by atoms with E-state index in [1.54, 1.807) is 4.90 Å². The molecule has 0 unspecified atom stereocenters. The third-order valence-corrected chi connectivity index (χ3v) is 2.01. The van der Waals surface area contributed by atoms with Crippen molar-refractivity contribution in [3.8, 4) is 0 Å². The Morgan fingerprint density at radius 1 is 1.80 bits per heavy atom. The van der Waals surface area contributed by atoms with Crippen LogP contribution in [-0.2, 0) is 4.79 Å². The summed E-state index contributed by atoms with van der Waals surface area (Å²) in [5.41, 5.74) is 5.16. The van der Waals surface area contributed by atoms with Gasteiger partial charge in [-0.1, -0.05) is 0 Å². The molecule has 10 heavy (non-hydrogen) atoms. The van der Waals surface area contributed by atoms with E-state index in [-0.39, 0.29) is 17.8 Å². The van der Waals surface area contributed by atoms with Crippen LogP contribution >= 0.6 is 11.6 Å². The first-order chi connectivity index (χ1) is 4.74. The molecule has 0 aliphatic carbocycles. The van der Waals surface area contributed by atoms with Crippen LogP contribution in [0.2, 0.25) is 0 Å². The van der Waals surface area contributed by atoms with E-state index in [1.165, 1.54) is 0 Å². The van der Waals surface area contributed by atoms with Crippen molar-refractivity contribution in [3.63, 3.8) is 0 Å². The van der Waals surface area contributed by atoms with Crippen molar-refractivity contribution in [1.29, 1.82) is 0 Å². The summed E-state index contributed by atoms with van der Waals surface area (Å²) in [4.78, 5) is 12.6. The van der Waals surface area contributed by atoms with E-state index in [9.17, 15) is 4.79 Å². The molecule has 1 aliphatic rings. The van der Waals surface area contributed by atoms with Gasteiger partial charge < -0.3 is 10.6 Å². The van der Waals surface area contributed by atoms with Gasteiger partial charge in [0, 0.05) is 13.1 Å². The van der Waals surface area contributed by atoms with E-state index in [1.807, 2.05) is 0 Å². The standard InChI is InChI=1S/C6H11ClN2O/c7-5-1-2-9(4-5)6(10)3-8/h5H,1-4,8H2/t5-/m0/s1. The van der Waals surface area contributed by atoms with E-state index < -0.39 is 0 Å². The van der Waals surface area contributed by atoms with Crippen LogP contribution in [0.4, 0.5) is 0 Å². The second kappa shape index (κ2) is 3.21. The van der Waals surface area contributed by atoms with Gasteiger partial charge in [-0.3, -0.25) is 4.79 Å². The molecule has 0 radical (unpaired) electrons. The lowest BCUT2D eigenvalue weighted by molar-refractivity contribution is -0.128. The number of amides is 1. The number of likely N-dealkylation sites (tertiary alicyclic amines) is 1. The molecule has 1 rings (SSSR count). The number of nitrogens with two attached hydrogens (primary N) is 1. The molecule has 1 heterocycles. The fourth-order valence-corrected chi connectivity index (χ4v) is 1.34. The van der Waals surface area contributed by atoms with Gasteiger partial charge in [-0.2, -0.15) is 0 Å². The molecule has 1 atom stereocenters. The Bertz CT molecular complexity index is 140. The lowest BCUT2D eigenvalue weighted by Gasteiger charge is -2.13. The summed E-state index contributed by atoms with van der Waals surface area (Å²) in [5, 5.41) is 0.135. The second-order valence-corrected chi connectivity index (χ2v) is 3.05. The quantitative estimate of drug-likeness (QED) is 0.543. The number of nitrogens with zero attached hydrogens (tertiary/aromatic N) is 1. The van der Waals surface area contributed by atoms with Gasteiger partial charge in [0.2, 0.25) is 5.91 Å². The molecule has 1 amide bonds. The number of carbonyl (C=O) groups excluding carboxylic acids is 1. The van der Waals surface area contributed by atoms with E-state index >= 15 is 0 Å². The van der Waals surface area contributed by atoms with Crippen LogP contribution in [0.25, 0.3) is 0 Å². The smallest absolute Gasteiger partial charge is 0.236 e. The van der Waals surface area contributed by atoms with E-state index in [4.69, 9.17) is 17.3 Å². The van der Waals surface area contributed by atoms with E-state index in [0.29, 0.717) is 6.54 Å². The molecule has 3 nitrogen and oxygen atoms in total. The van der Waals surface area contributed by atoms with Gasteiger partial charge in [-0.15, -0.1) is 11.6 Å². The number of hydrogen-bond donors (Lipinski definition) is 1. The van der Waals surface area contributed by atoms with Crippen molar-refractivity contribution < 1.29 is 4.79 Å². The van der Waals surface area contributed by atoms with Crippen LogP contribution < -0.4 is 5.73 Å². The molecule has 1 saturated heterocycles. The predicted molar refractivity (Wildman–Crippen MR) is 39.9 cm³/mol. The number of rotatable bonds is 1. The van der Waals surface area contributed by atoms with Crippen LogP contribution in [0.1, 0.15) is 6.42 Å². The second-order valence-electron chi connectivity index (χ2n) is 2.43. The first kappa shape index (κ1) is 7.82. The van der Waals surface area contributed by atoms with Crippen LogP contribution in [-0.4, -0.2) is 35.8 Å². The zero-order valence-corrected chi connectivity index (χ0v) is 6.47. The highest BCUT2D eigenvalue weighted by Gasteiger charge is 2.22. The molecule has 0 aromatic heterocycles. The summed E-state index contributed by atoms with van der Waals surface area (Å²) < 4.78 is 0. The molecular weight excluding hydrogens is 152 g/mol. The highest BCUT2D eigenvalue weighted by atomic mass is 35.5. The Morgan fingerprint density at radius 3 is 2.90 bits per heavy atom. The van der Waals surface area contributed by atoms with Gasteiger partial charge in [-0.25, -0.2) is 0 Å². The molecule has 58 valence electrons. The maximum absolute atomic E-state index is 10.9. The SMILES string of the molecule is NCC(=O)N1CC[C@H](Cl)C1. The number of carbonyl (C=O) groups is 1. The van der Waals surface area contributed by atoms with Crippen LogP contribution in [0, 0.1) is 0 Å². The lowest BCUT2D eigenvalue weighted by Crippen LogP contribution is -2.34. The minimum atomic E-state index is 0.00292. The summed E-state index contributed by atoms with van der Waals surface area (Å²) in [5.74, 6) is 0.00292. The van der Waals surface area contributed by atoms with Crippen LogP contribution in [0.15, 0.2) is 0 Å². The minimum Gasteiger partial charge on any atom is -0.340 e. The van der Waals surface area contributed by atoms with Gasteiger partial charge >= 0.3 is 0 Å². The zero-order valence-electron chi connectivity index (χ0n) is 5.72. The normalized spacial score (nSPS) is 25.4. The minimum absolute atomic E-state index is 0.00292. The Labute approximate surface area is 65.1 Å². The number of halogens is 1. The van der Waals surface area contributed by atoms with Gasteiger partial charge in [-0.05, 0) is 6.42 Å². The predicted octanol–water partition coefficient (Wildman–Crippen LogP) is -0.215. The highest BCUT2D eigenvalue weighted by molar-refractivity contribution is 6.21. The Balaban J connectivity index is 2.37. The number of hydrogen-bond acceptors (Lipinski definition) is 2. The fourth-order valence-electron chi connectivity index (χ4n) is 1.07. The highest BCUT2D eigenvalue weighted by Crippen LogP contribution is 2.13. The van der Waals surface area contributed by atoms with Crippen LogP contribution in [0.3, 0.4) is 0 Å². The van der Waals surface area contributed by atoms with Crippen LogP contribution in [0.5, 0.6) is 0 Å². The zero-order chi connectivity index (χ0) is 7.56. The summed E-state index contributed by atoms with van der Waals surface area (Å²) in [6, 6.07) is 0. The van der Waals surface area contributed by atoms with Gasteiger partial charge in [0.05, 0.1) is 11.9 Å². The van der Waals surface area contributed by atoms with Crippen molar-refractivity contribution >= 4 is 17.5 Å². The average Bonchev–Trinajstić information content (AvgIpc) is 2.34. The summed E-state index contributed by atoms with van der Waals surface area (Å²) in [7, 11) is 0. The van der Waals surface area contributed by atoms with Crippen molar-refractivity contribution in [2.75, 3.05) is 19.6 Å². The average molecular weight is 163 g/mol. The molecule has 2 N–H and O–H groups in total. The summed E-state index contributed by atoms with van der Waals surface area (Å²) >= 11 is 5.77. The number of alkyl halides is 1. The third kappa shape index (κ3) is 1.61. The Kier molecular flexibility index (Phi) is 2.51. The topological polar surface area (TPSA) is 46.3 Å². The maximum atomic E-state index is 10.9. The van der Waals surface area contributed by atoms with Gasteiger partial charge in [0.15, 0.2) is 0 Å². The molecule has 4 heteroatoms. The Morgan fingerprint density at radius 2 is 2.50 bits per heavy atom. The van der Waals surface area contributed by atoms with E-state index in [2.05, 4.69) is 0 Å². The summed E-state index contributed by atoms with van der Waals surface area (Å²) in [6.07, 6.45) is 0.896. The van der Waals surface area contributed by atoms with Crippen molar-refractivity contribution in [2.45, 2.75) is 11.8 Å². The Hall–Kier alpha value is -0.280. The lowest BCUT2D eigenvalue weighted by atomic mass is 10.4. The molecule has 0 saturated carbocycles. The molecule has 0 bridgehead atoms. The monoisotopic (exact) mass is 162 g/mol. The van der Waals surface area contributed by atoms with E-state index in [0.717, 1.165) is 13.0 Å². The molecule has 0 aromatic rings. The molecule has 1 fully saturated rings. The summed E-state index contributed by atoms with van der Waals surface area (Å²) in [6.45, 7) is 1.53. The van der Waals surface area contributed by atoms with Crippen molar-refractivity contribution in [3.05, 3.63) is 0 Å². The van der Waals surface area contributed by atoms with Gasteiger partial charge in [0.25, 0.3) is 0 Å². The molecule has 0 aromatic carbocycles. The molecular formula is C6H11ClN2O. The van der Waals surface area contributed by atoms with Gasteiger partial charge in [0.1, 0.15) is 0 Å². The van der Waals surface area contributed by atoms with Crippen molar-refractivity contribution in [2.24, 2.45) is 5.73 Å². The van der Waals surface area contributed by atoms with Crippen molar-refractivity contribution in [1.82, 2.24) is 4.90 Å².